The summed E-state index contributed by atoms with van der Waals surface area (Å²) in [6.45, 7) is 0.633. The van der Waals surface area contributed by atoms with Crippen molar-refractivity contribution in [3.63, 3.8) is 0 Å². The lowest BCUT2D eigenvalue weighted by Crippen LogP contribution is -2.91. The molecule has 2 aromatic rings. The second-order valence-electron chi connectivity index (χ2n) is 5.74. The van der Waals surface area contributed by atoms with Crippen LogP contribution < -0.4 is 15.4 Å². The molecule has 0 spiro atoms. The third-order valence-electron chi connectivity index (χ3n) is 4.04. The topological polar surface area (TPSA) is 85.1 Å². The van der Waals surface area contributed by atoms with Gasteiger partial charge < -0.3 is 19.8 Å². The summed E-state index contributed by atoms with van der Waals surface area (Å²) in [6.07, 6.45) is 1.63. The average molecular weight is 337 g/mol. The Balaban J connectivity index is 1.66. The van der Waals surface area contributed by atoms with Crippen molar-refractivity contribution in [3.05, 3.63) is 48.4 Å². The summed E-state index contributed by atoms with van der Waals surface area (Å²) in [5.41, 5.74) is 0.893. The third-order valence-corrected chi connectivity index (χ3v) is 5.80. The second kappa shape index (κ2) is 6.64. The van der Waals surface area contributed by atoms with Crippen LogP contribution in [0.25, 0.3) is 0 Å². The van der Waals surface area contributed by atoms with E-state index in [2.05, 4.69) is 5.32 Å². The first-order chi connectivity index (χ1) is 11.1. The van der Waals surface area contributed by atoms with E-state index in [0.717, 1.165) is 17.2 Å². The molecular formula is C16H21N2O4S+. The normalized spacial score (nSPS) is 22.8. The quantitative estimate of drug-likeness (QED) is 0.808. The van der Waals surface area contributed by atoms with Gasteiger partial charge in [0.1, 0.15) is 24.1 Å². The summed E-state index contributed by atoms with van der Waals surface area (Å²) in [4.78, 5) is 0. The molecule has 23 heavy (non-hydrogen) atoms. The smallest absolute Gasteiger partial charge is 0.158 e. The zero-order chi connectivity index (χ0) is 16.3. The summed E-state index contributed by atoms with van der Waals surface area (Å²) in [7, 11) is -1.40. The van der Waals surface area contributed by atoms with Crippen molar-refractivity contribution < 1.29 is 22.9 Å². The Hall–Kier alpha value is -1.99. The number of rotatable bonds is 6. The summed E-state index contributed by atoms with van der Waals surface area (Å²) < 4.78 is 34.4. The molecule has 0 aliphatic carbocycles. The Morgan fingerprint density at radius 1 is 1.26 bits per heavy atom. The van der Waals surface area contributed by atoms with Crippen molar-refractivity contribution in [2.75, 3.05) is 23.9 Å². The molecule has 1 aliphatic heterocycles. The molecule has 0 unspecified atom stereocenters. The summed E-state index contributed by atoms with van der Waals surface area (Å²) >= 11 is 0. The Kier molecular flexibility index (Phi) is 4.58. The molecule has 1 saturated heterocycles. The van der Waals surface area contributed by atoms with Gasteiger partial charge in [0, 0.05) is 5.69 Å². The van der Waals surface area contributed by atoms with Crippen molar-refractivity contribution in [2.24, 2.45) is 0 Å². The number of quaternary nitrogens is 1. The minimum Gasteiger partial charge on any atom is -0.497 e. The van der Waals surface area contributed by atoms with E-state index >= 15 is 0 Å². The van der Waals surface area contributed by atoms with Crippen molar-refractivity contribution >= 4 is 15.5 Å². The lowest BCUT2D eigenvalue weighted by molar-refractivity contribution is -0.701. The lowest BCUT2D eigenvalue weighted by Gasteiger charge is -2.19. The highest BCUT2D eigenvalue weighted by atomic mass is 32.2. The number of hydrogen-bond donors (Lipinski definition) is 2. The van der Waals surface area contributed by atoms with E-state index in [0.29, 0.717) is 6.54 Å². The predicted molar refractivity (Wildman–Crippen MR) is 87.2 cm³/mol. The molecule has 3 N–H and O–H groups in total. The highest BCUT2D eigenvalue weighted by molar-refractivity contribution is 7.91. The van der Waals surface area contributed by atoms with Crippen LogP contribution in [0.4, 0.5) is 5.69 Å². The minimum absolute atomic E-state index is 0.0350. The molecule has 0 amide bonds. The number of hydrogen-bond acceptors (Lipinski definition) is 5. The molecule has 1 aliphatic rings. The highest BCUT2D eigenvalue weighted by Gasteiger charge is 2.40. The van der Waals surface area contributed by atoms with Gasteiger partial charge >= 0.3 is 0 Å². The monoisotopic (exact) mass is 337 g/mol. The molecule has 1 aromatic heterocycles. The molecule has 1 fully saturated rings. The Labute approximate surface area is 135 Å². The molecular weight excluding hydrogens is 316 g/mol. The molecule has 0 bridgehead atoms. The number of methoxy groups -OCH3 is 1. The Morgan fingerprint density at radius 2 is 2.04 bits per heavy atom. The summed E-state index contributed by atoms with van der Waals surface area (Å²) in [5.74, 6) is 1.95. The van der Waals surface area contributed by atoms with Gasteiger partial charge in [-0.15, -0.1) is 0 Å². The van der Waals surface area contributed by atoms with Gasteiger partial charge in [-0.05, 0) is 36.4 Å². The van der Waals surface area contributed by atoms with Crippen LogP contribution in [0.5, 0.6) is 5.75 Å². The van der Waals surface area contributed by atoms with Gasteiger partial charge in [0.05, 0.1) is 25.2 Å². The van der Waals surface area contributed by atoms with E-state index in [9.17, 15) is 8.42 Å². The number of nitrogens with one attached hydrogen (secondary N) is 1. The highest BCUT2D eigenvalue weighted by Crippen LogP contribution is 2.19. The molecule has 2 atom stereocenters. The average Bonchev–Trinajstić information content (AvgIpc) is 3.13. The molecule has 3 rings (SSSR count). The van der Waals surface area contributed by atoms with Crippen molar-refractivity contribution in [3.8, 4) is 5.75 Å². The van der Waals surface area contributed by atoms with Crippen molar-refractivity contribution in [2.45, 2.75) is 18.6 Å². The van der Waals surface area contributed by atoms with Gasteiger partial charge in [0.2, 0.25) is 0 Å². The molecule has 0 saturated carbocycles. The first-order valence-electron chi connectivity index (χ1n) is 7.52. The maximum Gasteiger partial charge on any atom is 0.158 e. The van der Waals surface area contributed by atoms with Gasteiger partial charge in [-0.2, -0.15) is 0 Å². The second-order valence-corrected chi connectivity index (χ2v) is 7.89. The number of ether oxygens (including phenoxy) is 1. The maximum absolute atomic E-state index is 12.0. The minimum atomic E-state index is -3.02. The van der Waals surface area contributed by atoms with Crippen molar-refractivity contribution in [1.82, 2.24) is 0 Å². The number of furan rings is 1. The standard InChI is InChI=1S/C16H20N2O4S/c1-21-13-6-4-12(5-7-13)18-16-11-23(19,20)10-15(16)17-9-14-3-2-8-22-14/h2-8,15-18H,9-11H2,1H3/p+1/t15-,16-/m0/s1. The zero-order valence-electron chi connectivity index (χ0n) is 12.9. The van der Waals surface area contributed by atoms with Crippen LogP contribution in [-0.4, -0.2) is 39.1 Å². The van der Waals surface area contributed by atoms with Gasteiger partial charge in [-0.1, -0.05) is 0 Å². The van der Waals surface area contributed by atoms with E-state index in [1.165, 1.54) is 0 Å². The van der Waals surface area contributed by atoms with Crippen LogP contribution in [0.2, 0.25) is 0 Å². The Bertz CT molecular complexity index is 726. The van der Waals surface area contributed by atoms with Gasteiger partial charge in [0.25, 0.3) is 0 Å². The summed E-state index contributed by atoms with van der Waals surface area (Å²) in [5, 5.41) is 5.36. The van der Waals surface area contributed by atoms with E-state index in [4.69, 9.17) is 9.15 Å². The zero-order valence-corrected chi connectivity index (χ0v) is 13.8. The molecule has 2 heterocycles. The first-order valence-corrected chi connectivity index (χ1v) is 9.34. The molecule has 1 aromatic carbocycles. The number of benzene rings is 1. The lowest BCUT2D eigenvalue weighted by atomic mass is 10.1. The number of nitrogens with two attached hydrogens (primary N) is 1. The van der Waals surface area contributed by atoms with Crippen molar-refractivity contribution in [1.29, 1.82) is 0 Å². The predicted octanol–water partition coefficient (Wildman–Crippen LogP) is 0.629. The van der Waals surface area contributed by atoms with Crippen LogP contribution in [0.15, 0.2) is 47.1 Å². The van der Waals surface area contributed by atoms with Crippen LogP contribution in [0, 0.1) is 0 Å². The van der Waals surface area contributed by atoms with Crippen LogP contribution in [0.1, 0.15) is 5.76 Å². The van der Waals surface area contributed by atoms with E-state index < -0.39 is 9.84 Å². The van der Waals surface area contributed by atoms with E-state index in [-0.39, 0.29) is 23.6 Å². The van der Waals surface area contributed by atoms with Crippen LogP contribution in [0.3, 0.4) is 0 Å². The van der Waals surface area contributed by atoms with Gasteiger partial charge in [-0.3, -0.25) is 0 Å². The fourth-order valence-electron chi connectivity index (χ4n) is 2.85. The van der Waals surface area contributed by atoms with Crippen LogP contribution in [-0.2, 0) is 16.4 Å². The largest absolute Gasteiger partial charge is 0.497 e. The molecule has 124 valence electrons. The van der Waals surface area contributed by atoms with Crippen LogP contribution >= 0.6 is 0 Å². The fourth-order valence-corrected chi connectivity index (χ4v) is 4.82. The molecule has 7 heteroatoms. The Morgan fingerprint density at radius 3 is 2.70 bits per heavy atom. The summed E-state index contributed by atoms with van der Waals surface area (Å²) in [6, 6.07) is 11.1. The number of anilines is 1. The third kappa shape index (κ3) is 4.05. The molecule has 0 radical (unpaired) electrons. The van der Waals surface area contributed by atoms with E-state index in [1.807, 2.05) is 41.7 Å². The maximum atomic E-state index is 12.0. The molecule has 6 nitrogen and oxygen atoms in total. The first kappa shape index (κ1) is 15.9. The number of sulfone groups is 1. The SMILES string of the molecule is COc1ccc(N[C@H]2CS(=O)(=O)C[C@@H]2[NH2+]Cc2ccco2)cc1. The fraction of sp³-hybridized carbons (Fsp3) is 0.375. The van der Waals surface area contributed by atoms with Gasteiger partial charge in [0.15, 0.2) is 15.6 Å². The van der Waals surface area contributed by atoms with Gasteiger partial charge in [-0.25, -0.2) is 8.42 Å². The van der Waals surface area contributed by atoms with E-state index in [1.54, 1.807) is 13.4 Å².